The Morgan fingerprint density at radius 3 is 2.47 bits per heavy atom. The predicted molar refractivity (Wildman–Crippen MR) is 132 cm³/mol. The minimum absolute atomic E-state index is 0.0963. The van der Waals surface area contributed by atoms with E-state index in [0.717, 1.165) is 28.1 Å². The van der Waals surface area contributed by atoms with Gasteiger partial charge >= 0.3 is 0 Å². The van der Waals surface area contributed by atoms with Gasteiger partial charge in [0, 0.05) is 22.0 Å². The molecule has 0 atom stereocenters. The molecule has 1 N–H and O–H groups in total. The predicted octanol–water partition coefficient (Wildman–Crippen LogP) is 6.24. The molecule has 162 valence electrons. The van der Waals surface area contributed by atoms with Crippen LogP contribution in [-0.4, -0.2) is 26.4 Å². The van der Waals surface area contributed by atoms with E-state index >= 15 is 0 Å². The summed E-state index contributed by atoms with van der Waals surface area (Å²) in [5, 5.41) is 13.1. The number of thioether (sulfide) groups is 1. The first-order chi connectivity index (χ1) is 15.4. The number of nitrogens with one attached hydrogen (secondary N) is 1. The lowest BCUT2D eigenvalue weighted by molar-refractivity contribution is -0.113. The van der Waals surface area contributed by atoms with Gasteiger partial charge in [0.2, 0.25) is 5.91 Å². The van der Waals surface area contributed by atoms with Crippen molar-refractivity contribution in [2.24, 2.45) is 0 Å². The first kappa shape index (κ1) is 22.1. The highest BCUT2D eigenvalue weighted by atomic mass is 35.5. The smallest absolute Gasteiger partial charge is 0.234 e. The van der Waals surface area contributed by atoms with Crippen molar-refractivity contribution < 1.29 is 4.79 Å². The van der Waals surface area contributed by atoms with Gasteiger partial charge in [-0.25, -0.2) is 0 Å². The number of halogens is 1. The van der Waals surface area contributed by atoms with Crippen LogP contribution in [0.3, 0.4) is 0 Å². The molecule has 0 unspecified atom stereocenters. The van der Waals surface area contributed by atoms with E-state index in [-0.39, 0.29) is 11.7 Å². The second kappa shape index (κ2) is 9.59. The Labute approximate surface area is 196 Å². The Morgan fingerprint density at radius 2 is 1.75 bits per heavy atom. The number of carbonyl (C=O) groups excluding carboxylic acids is 1. The third-order valence-electron chi connectivity index (χ3n) is 5.12. The largest absolute Gasteiger partial charge is 0.325 e. The lowest BCUT2D eigenvalue weighted by Gasteiger charge is -2.11. The summed E-state index contributed by atoms with van der Waals surface area (Å²) in [5.74, 6) is 0.834. The number of benzene rings is 3. The average molecular weight is 463 g/mol. The zero-order chi connectivity index (χ0) is 22.7. The van der Waals surface area contributed by atoms with Crippen LogP contribution >= 0.6 is 23.4 Å². The maximum atomic E-state index is 12.6. The van der Waals surface area contributed by atoms with Crippen molar-refractivity contribution in [2.75, 3.05) is 11.1 Å². The van der Waals surface area contributed by atoms with Gasteiger partial charge in [-0.05, 0) is 74.4 Å². The molecule has 0 bridgehead atoms. The Hall–Kier alpha value is -3.09. The van der Waals surface area contributed by atoms with Gasteiger partial charge in [0.05, 0.1) is 5.75 Å². The van der Waals surface area contributed by atoms with E-state index in [1.807, 2.05) is 86.0 Å². The summed E-state index contributed by atoms with van der Waals surface area (Å²) in [6.07, 6.45) is 0. The van der Waals surface area contributed by atoms with Gasteiger partial charge in [0.15, 0.2) is 11.0 Å². The van der Waals surface area contributed by atoms with Crippen molar-refractivity contribution in [1.29, 1.82) is 0 Å². The summed E-state index contributed by atoms with van der Waals surface area (Å²) < 4.78 is 1.96. The molecule has 7 heteroatoms. The molecule has 0 aliphatic carbocycles. The summed E-state index contributed by atoms with van der Waals surface area (Å²) in [7, 11) is 0. The topological polar surface area (TPSA) is 59.8 Å². The molecule has 0 aliphatic rings. The number of rotatable bonds is 6. The SMILES string of the molecule is Cc1cccc(-c2nnc(SCC(=O)Nc3ccc(C)c(C)c3)n2-c2ccc(Cl)cc2)c1. The van der Waals surface area contributed by atoms with Crippen LogP contribution in [-0.2, 0) is 4.79 Å². The molecule has 32 heavy (non-hydrogen) atoms. The van der Waals surface area contributed by atoms with Crippen LogP contribution < -0.4 is 5.32 Å². The minimum Gasteiger partial charge on any atom is -0.325 e. The Balaban J connectivity index is 1.60. The summed E-state index contributed by atoms with van der Waals surface area (Å²) in [5.41, 5.74) is 6.10. The van der Waals surface area contributed by atoms with Crippen LogP contribution in [0.4, 0.5) is 5.69 Å². The van der Waals surface area contributed by atoms with Crippen LogP contribution in [0.25, 0.3) is 17.1 Å². The standard InChI is InChI=1S/C25H23ClN4OS/c1-16-5-4-6-19(13-16)24-28-29-25(30(24)22-11-8-20(26)9-12-22)32-15-23(31)27-21-10-7-17(2)18(3)14-21/h4-14H,15H2,1-3H3,(H,27,31). The molecule has 3 aromatic carbocycles. The summed E-state index contributed by atoms with van der Waals surface area (Å²) in [4.78, 5) is 12.6. The maximum Gasteiger partial charge on any atom is 0.234 e. The third kappa shape index (κ3) is 5.03. The first-order valence-corrected chi connectivity index (χ1v) is 11.6. The molecular formula is C25H23ClN4OS. The highest BCUT2D eigenvalue weighted by Gasteiger charge is 2.17. The normalized spacial score (nSPS) is 10.9. The number of aryl methyl sites for hydroxylation is 3. The molecule has 4 aromatic rings. The van der Waals surface area contributed by atoms with Crippen molar-refractivity contribution in [3.8, 4) is 17.1 Å². The van der Waals surface area contributed by atoms with Crippen molar-refractivity contribution in [3.63, 3.8) is 0 Å². The number of carbonyl (C=O) groups is 1. The second-order valence-corrected chi connectivity index (χ2v) is 9.00. The summed E-state index contributed by atoms with van der Waals surface area (Å²) in [6.45, 7) is 6.12. The molecule has 0 fully saturated rings. The van der Waals surface area contributed by atoms with Crippen LogP contribution in [0.2, 0.25) is 5.02 Å². The van der Waals surface area contributed by atoms with Crippen molar-refractivity contribution >= 4 is 35.0 Å². The van der Waals surface area contributed by atoms with E-state index in [0.29, 0.717) is 16.0 Å². The maximum absolute atomic E-state index is 12.6. The van der Waals surface area contributed by atoms with Crippen molar-refractivity contribution in [2.45, 2.75) is 25.9 Å². The van der Waals surface area contributed by atoms with Gasteiger partial charge in [-0.3, -0.25) is 9.36 Å². The Kier molecular flexibility index (Phi) is 6.63. The highest BCUT2D eigenvalue weighted by molar-refractivity contribution is 7.99. The fourth-order valence-corrected chi connectivity index (χ4v) is 4.18. The molecule has 1 aromatic heterocycles. The minimum atomic E-state index is -0.0963. The third-order valence-corrected chi connectivity index (χ3v) is 6.30. The quantitative estimate of drug-likeness (QED) is 0.344. The van der Waals surface area contributed by atoms with Gasteiger partial charge in [-0.15, -0.1) is 10.2 Å². The van der Waals surface area contributed by atoms with Gasteiger partial charge in [0.1, 0.15) is 0 Å². The summed E-state index contributed by atoms with van der Waals surface area (Å²) in [6, 6.07) is 21.5. The fourth-order valence-electron chi connectivity index (χ4n) is 3.30. The monoisotopic (exact) mass is 462 g/mol. The fraction of sp³-hybridized carbons (Fsp3) is 0.160. The molecule has 0 saturated carbocycles. The van der Waals surface area contributed by atoms with E-state index in [2.05, 4.69) is 21.6 Å². The van der Waals surface area contributed by atoms with E-state index in [9.17, 15) is 4.79 Å². The average Bonchev–Trinajstić information content (AvgIpc) is 3.19. The second-order valence-electron chi connectivity index (χ2n) is 7.62. The van der Waals surface area contributed by atoms with E-state index in [1.54, 1.807) is 0 Å². The number of nitrogens with zero attached hydrogens (tertiary/aromatic N) is 3. The molecule has 0 aliphatic heterocycles. The lowest BCUT2D eigenvalue weighted by atomic mass is 10.1. The van der Waals surface area contributed by atoms with Gasteiger partial charge in [-0.2, -0.15) is 0 Å². The number of anilines is 1. The van der Waals surface area contributed by atoms with E-state index in [1.165, 1.54) is 17.3 Å². The molecule has 0 radical (unpaired) electrons. The molecule has 0 spiro atoms. The Bertz CT molecular complexity index is 1270. The van der Waals surface area contributed by atoms with Gasteiger partial charge in [0.25, 0.3) is 0 Å². The lowest BCUT2D eigenvalue weighted by Crippen LogP contribution is -2.14. The van der Waals surface area contributed by atoms with E-state index < -0.39 is 0 Å². The van der Waals surface area contributed by atoms with Crippen molar-refractivity contribution in [1.82, 2.24) is 14.8 Å². The zero-order valence-electron chi connectivity index (χ0n) is 18.1. The van der Waals surface area contributed by atoms with Gasteiger partial charge < -0.3 is 5.32 Å². The number of amides is 1. The van der Waals surface area contributed by atoms with Crippen LogP contribution in [0, 0.1) is 20.8 Å². The zero-order valence-corrected chi connectivity index (χ0v) is 19.7. The first-order valence-electron chi connectivity index (χ1n) is 10.2. The molecule has 1 heterocycles. The van der Waals surface area contributed by atoms with E-state index in [4.69, 9.17) is 11.6 Å². The molecule has 0 saturated heterocycles. The number of aromatic nitrogens is 3. The van der Waals surface area contributed by atoms with Crippen LogP contribution in [0.15, 0.2) is 71.9 Å². The number of hydrogen-bond donors (Lipinski definition) is 1. The number of hydrogen-bond acceptors (Lipinski definition) is 4. The van der Waals surface area contributed by atoms with Gasteiger partial charge in [-0.1, -0.05) is 53.2 Å². The molecule has 1 amide bonds. The molecular weight excluding hydrogens is 440 g/mol. The van der Waals surface area contributed by atoms with Crippen LogP contribution in [0.1, 0.15) is 16.7 Å². The van der Waals surface area contributed by atoms with Crippen molar-refractivity contribution in [3.05, 3.63) is 88.4 Å². The molecule has 5 nitrogen and oxygen atoms in total. The van der Waals surface area contributed by atoms with Crippen LogP contribution in [0.5, 0.6) is 0 Å². The highest BCUT2D eigenvalue weighted by Crippen LogP contribution is 2.29. The summed E-state index contributed by atoms with van der Waals surface area (Å²) >= 11 is 7.44. The molecule has 4 rings (SSSR count). The Morgan fingerprint density at radius 1 is 0.969 bits per heavy atom.